The molecule has 1 aromatic heterocycles. The maximum atomic E-state index is 9.64. The summed E-state index contributed by atoms with van der Waals surface area (Å²) >= 11 is 0. The fraction of sp³-hybridized carbons (Fsp3) is 0.273. The molecule has 0 saturated heterocycles. The first kappa shape index (κ1) is 10.0. The van der Waals surface area contributed by atoms with E-state index in [1.807, 2.05) is 24.3 Å². The summed E-state index contributed by atoms with van der Waals surface area (Å²) in [5.74, 6) is 0.949. The fourth-order valence-corrected chi connectivity index (χ4v) is 1.58. The van der Waals surface area contributed by atoms with Gasteiger partial charge in [-0.1, -0.05) is 12.1 Å². The number of benzene rings is 1. The van der Waals surface area contributed by atoms with Gasteiger partial charge in [-0.15, -0.1) is 0 Å². The lowest BCUT2D eigenvalue weighted by Crippen LogP contribution is -2.11. The van der Waals surface area contributed by atoms with Gasteiger partial charge in [-0.25, -0.2) is 0 Å². The Kier molecular flexibility index (Phi) is 2.62. The van der Waals surface area contributed by atoms with Crippen molar-refractivity contribution in [2.45, 2.75) is 6.10 Å². The predicted octanol–water partition coefficient (Wildman–Crippen LogP) is 1.43. The predicted molar refractivity (Wildman–Crippen MR) is 56.8 cm³/mol. The van der Waals surface area contributed by atoms with Crippen LogP contribution in [0.5, 0.6) is 5.75 Å². The number of nitrogens with two attached hydrogens (primary N) is 1. The van der Waals surface area contributed by atoms with E-state index in [0.717, 1.165) is 5.39 Å². The van der Waals surface area contributed by atoms with E-state index in [0.29, 0.717) is 17.1 Å². The molecule has 2 aromatic rings. The standard InChI is InChI=1S/C11H13NO3/c1-14-10-7-4-2-3-5-9(7)15-11(10)8(13)6-12/h2-5,8,13H,6,12H2,1H3. The SMILES string of the molecule is COc1c(C(O)CN)oc2ccccc12. The van der Waals surface area contributed by atoms with E-state index in [1.165, 1.54) is 0 Å². The van der Waals surface area contributed by atoms with Crippen LogP contribution >= 0.6 is 0 Å². The Morgan fingerprint density at radius 1 is 1.47 bits per heavy atom. The molecule has 4 heteroatoms. The van der Waals surface area contributed by atoms with Crippen LogP contribution in [0.1, 0.15) is 11.9 Å². The summed E-state index contributed by atoms with van der Waals surface area (Å²) in [6.07, 6.45) is -0.827. The van der Waals surface area contributed by atoms with Crippen LogP contribution in [0.3, 0.4) is 0 Å². The number of methoxy groups -OCH3 is 1. The van der Waals surface area contributed by atoms with Crippen molar-refractivity contribution in [3.8, 4) is 5.75 Å². The largest absolute Gasteiger partial charge is 0.492 e. The normalized spacial score (nSPS) is 13.0. The zero-order valence-electron chi connectivity index (χ0n) is 8.43. The van der Waals surface area contributed by atoms with Crippen molar-refractivity contribution in [3.05, 3.63) is 30.0 Å². The molecule has 1 aromatic carbocycles. The lowest BCUT2D eigenvalue weighted by atomic mass is 10.2. The van der Waals surface area contributed by atoms with Gasteiger partial charge in [0.15, 0.2) is 11.5 Å². The van der Waals surface area contributed by atoms with Crippen molar-refractivity contribution < 1.29 is 14.3 Å². The molecule has 1 atom stereocenters. The number of aliphatic hydroxyl groups excluding tert-OH is 1. The minimum Gasteiger partial charge on any atom is -0.492 e. The van der Waals surface area contributed by atoms with Crippen LogP contribution < -0.4 is 10.5 Å². The highest BCUT2D eigenvalue weighted by Crippen LogP contribution is 2.35. The third kappa shape index (κ3) is 1.58. The smallest absolute Gasteiger partial charge is 0.176 e. The van der Waals surface area contributed by atoms with Crippen molar-refractivity contribution in [3.63, 3.8) is 0 Å². The number of para-hydroxylation sites is 1. The average Bonchev–Trinajstić information content (AvgIpc) is 2.66. The lowest BCUT2D eigenvalue weighted by Gasteiger charge is -2.05. The first-order chi connectivity index (χ1) is 7.27. The minimum absolute atomic E-state index is 0.107. The second-order valence-corrected chi connectivity index (χ2v) is 3.25. The number of rotatable bonds is 3. The highest BCUT2D eigenvalue weighted by atomic mass is 16.5. The van der Waals surface area contributed by atoms with E-state index in [2.05, 4.69) is 0 Å². The molecule has 0 aliphatic rings. The first-order valence-electron chi connectivity index (χ1n) is 4.71. The average molecular weight is 207 g/mol. The van der Waals surface area contributed by atoms with Gasteiger partial charge in [0.05, 0.1) is 12.5 Å². The van der Waals surface area contributed by atoms with Crippen molar-refractivity contribution in [1.82, 2.24) is 0 Å². The van der Waals surface area contributed by atoms with Gasteiger partial charge in [-0.05, 0) is 12.1 Å². The number of furan rings is 1. The summed E-state index contributed by atoms with van der Waals surface area (Å²) in [5, 5.41) is 10.5. The number of hydrogen-bond donors (Lipinski definition) is 2. The molecule has 15 heavy (non-hydrogen) atoms. The second-order valence-electron chi connectivity index (χ2n) is 3.25. The quantitative estimate of drug-likeness (QED) is 0.798. The van der Waals surface area contributed by atoms with Gasteiger partial charge in [-0.3, -0.25) is 0 Å². The van der Waals surface area contributed by atoms with Gasteiger partial charge in [0.1, 0.15) is 11.7 Å². The van der Waals surface area contributed by atoms with Crippen LogP contribution in [0.25, 0.3) is 11.0 Å². The second kappa shape index (κ2) is 3.92. The summed E-state index contributed by atoms with van der Waals surface area (Å²) in [6, 6.07) is 7.46. The molecule has 0 aliphatic carbocycles. The highest BCUT2D eigenvalue weighted by molar-refractivity contribution is 5.85. The summed E-state index contributed by atoms with van der Waals surface area (Å²) in [7, 11) is 1.55. The number of hydrogen-bond acceptors (Lipinski definition) is 4. The van der Waals surface area contributed by atoms with E-state index in [1.54, 1.807) is 7.11 Å². The maximum Gasteiger partial charge on any atom is 0.176 e. The Balaban J connectivity index is 2.63. The third-order valence-corrected chi connectivity index (χ3v) is 2.31. The van der Waals surface area contributed by atoms with Crippen LogP contribution in [0, 0.1) is 0 Å². The van der Waals surface area contributed by atoms with Crippen molar-refractivity contribution in [1.29, 1.82) is 0 Å². The number of aliphatic hydroxyl groups is 1. The molecular formula is C11H13NO3. The van der Waals surface area contributed by atoms with Gasteiger partial charge >= 0.3 is 0 Å². The van der Waals surface area contributed by atoms with Gasteiger partial charge in [0.2, 0.25) is 0 Å². The van der Waals surface area contributed by atoms with E-state index < -0.39 is 6.10 Å². The Morgan fingerprint density at radius 2 is 2.20 bits per heavy atom. The molecule has 0 spiro atoms. The van der Waals surface area contributed by atoms with Crippen LogP contribution in [0.15, 0.2) is 28.7 Å². The van der Waals surface area contributed by atoms with Crippen LogP contribution in [-0.2, 0) is 0 Å². The van der Waals surface area contributed by atoms with Crippen LogP contribution in [0.2, 0.25) is 0 Å². The van der Waals surface area contributed by atoms with Gasteiger partial charge < -0.3 is 20.0 Å². The molecule has 0 aliphatic heterocycles. The molecule has 0 saturated carbocycles. The summed E-state index contributed by atoms with van der Waals surface area (Å²) < 4.78 is 10.7. The topological polar surface area (TPSA) is 68.6 Å². The summed E-state index contributed by atoms with van der Waals surface area (Å²) in [5.41, 5.74) is 6.08. The summed E-state index contributed by atoms with van der Waals surface area (Å²) in [4.78, 5) is 0. The molecule has 2 rings (SSSR count). The molecule has 4 nitrogen and oxygen atoms in total. The molecular weight excluding hydrogens is 194 g/mol. The molecule has 0 amide bonds. The minimum atomic E-state index is -0.827. The zero-order chi connectivity index (χ0) is 10.8. The summed E-state index contributed by atoms with van der Waals surface area (Å²) in [6.45, 7) is 0.107. The van der Waals surface area contributed by atoms with Crippen molar-refractivity contribution >= 4 is 11.0 Å². The third-order valence-electron chi connectivity index (χ3n) is 2.31. The lowest BCUT2D eigenvalue weighted by molar-refractivity contribution is 0.155. The van der Waals surface area contributed by atoms with Gasteiger partial charge in [0.25, 0.3) is 0 Å². The van der Waals surface area contributed by atoms with E-state index >= 15 is 0 Å². The van der Waals surface area contributed by atoms with Crippen LogP contribution in [-0.4, -0.2) is 18.8 Å². The molecule has 1 heterocycles. The van der Waals surface area contributed by atoms with E-state index in [4.69, 9.17) is 14.9 Å². The van der Waals surface area contributed by atoms with Crippen molar-refractivity contribution in [2.24, 2.45) is 5.73 Å². The number of fused-ring (bicyclic) bond motifs is 1. The fourth-order valence-electron chi connectivity index (χ4n) is 1.58. The Morgan fingerprint density at radius 3 is 2.87 bits per heavy atom. The Hall–Kier alpha value is -1.52. The zero-order valence-corrected chi connectivity index (χ0v) is 8.43. The molecule has 0 fully saturated rings. The van der Waals surface area contributed by atoms with Gasteiger partial charge in [0, 0.05) is 6.54 Å². The highest BCUT2D eigenvalue weighted by Gasteiger charge is 2.20. The molecule has 80 valence electrons. The van der Waals surface area contributed by atoms with Crippen molar-refractivity contribution in [2.75, 3.05) is 13.7 Å². The van der Waals surface area contributed by atoms with E-state index in [-0.39, 0.29) is 6.54 Å². The molecule has 1 unspecified atom stereocenters. The molecule has 3 N–H and O–H groups in total. The monoisotopic (exact) mass is 207 g/mol. The Bertz CT molecular complexity index is 464. The van der Waals surface area contributed by atoms with E-state index in [9.17, 15) is 5.11 Å². The molecule has 0 bridgehead atoms. The Labute approximate surface area is 87.2 Å². The first-order valence-corrected chi connectivity index (χ1v) is 4.71. The number of ether oxygens (including phenoxy) is 1. The van der Waals surface area contributed by atoms with Gasteiger partial charge in [-0.2, -0.15) is 0 Å². The molecule has 0 radical (unpaired) electrons. The van der Waals surface area contributed by atoms with Crippen LogP contribution in [0.4, 0.5) is 0 Å². The maximum absolute atomic E-state index is 9.64.